The number of alkyl halides is 1. The third-order valence-electron chi connectivity index (χ3n) is 4.42. The number of hydrogen-bond acceptors (Lipinski definition) is 2. The second-order valence-electron chi connectivity index (χ2n) is 5.52. The van der Waals surface area contributed by atoms with Crippen LogP contribution in [-0.2, 0) is 5.33 Å². The lowest BCUT2D eigenvalue weighted by atomic mass is 10.1. The minimum absolute atomic E-state index is 0.801. The molecule has 98 valence electrons. The van der Waals surface area contributed by atoms with E-state index in [1.54, 1.807) is 0 Å². The summed E-state index contributed by atoms with van der Waals surface area (Å²) < 4.78 is 0. The maximum atomic E-state index is 3.55. The summed E-state index contributed by atoms with van der Waals surface area (Å²) in [6, 6.07) is 7.70. The Morgan fingerprint density at radius 3 is 2.94 bits per heavy atom. The molecular formula is C15H21BrN2. The molecule has 3 heteroatoms. The van der Waals surface area contributed by atoms with Gasteiger partial charge in [-0.05, 0) is 49.6 Å². The fourth-order valence-corrected chi connectivity index (χ4v) is 3.88. The zero-order chi connectivity index (χ0) is 12.5. The molecule has 18 heavy (non-hydrogen) atoms. The highest BCUT2D eigenvalue weighted by atomic mass is 79.9. The van der Waals surface area contributed by atoms with Crippen molar-refractivity contribution in [2.45, 2.75) is 31.1 Å². The molecule has 0 spiro atoms. The summed E-state index contributed by atoms with van der Waals surface area (Å²) in [5.41, 5.74) is 4.21. The van der Waals surface area contributed by atoms with Crippen LogP contribution in [0.25, 0.3) is 0 Å². The Hall–Kier alpha value is -0.540. The van der Waals surface area contributed by atoms with Gasteiger partial charge in [0.2, 0.25) is 0 Å². The third kappa shape index (κ3) is 2.30. The predicted octanol–water partition coefficient (Wildman–Crippen LogP) is 3.17. The first kappa shape index (κ1) is 12.5. The van der Waals surface area contributed by atoms with E-state index < -0.39 is 0 Å². The summed E-state index contributed by atoms with van der Waals surface area (Å²) in [4.78, 5) is 5.23. The van der Waals surface area contributed by atoms with Gasteiger partial charge in [-0.1, -0.05) is 22.0 Å². The molecule has 0 aromatic heterocycles. The lowest BCUT2D eigenvalue weighted by molar-refractivity contribution is 0.231. The SMILES string of the molecule is Cc1cc(N2CCN3CCCC3C2)ccc1CBr. The lowest BCUT2D eigenvalue weighted by Crippen LogP contribution is -2.50. The monoisotopic (exact) mass is 308 g/mol. The molecule has 0 bridgehead atoms. The molecule has 1 unspecified atom stereocenters. The summed E-state index contributed by atoms with van der Waals surface area (Å²) in [6.45, 7) is 7.17. The molecule has 0 saturated carbocycles. The molecule has 2 aliphatic heterocycles. The van der Waals surface area contributed by atoms with E-state index in [2.05, 4.69) is 50.9 Å². The molecule has 1 aromatic rings. The second kappa shape index (κ2) is 5.22. The van der Waals surface area contributed by atoms with E-state index >= 15 is 0 Å². The van der Waals surface area contributed by atoms with Crippen LogP contribution in [0.5, 0.6) is 0 Å². The van der Waals surface area contributed by atoms with Crippen LogP contribution in [0.1, 0.15) is 24.0 Å². The third-order valence-corrected chi connectivity index (χ3v) is 5.03. The largest absolute Gasteiger partial charge is 0.369 e. The Bertz CT molecular complexity index is 433. The van der Waals surface area contributed by atoms with Crippen molar-refractivity contribution in [1.29, 1.82) is 0 Å². The van der Waals surface area contributed by atoms with Crippen molar-refractivity contribution in [1.82, 2.24) is 4.90 Å². The molecule has 2 saturated heterocycles. The van der Waals surface area contributed by atoms with Crippen LogP contribution in [0.3, 0.4) is 0 Å². The van der Waals surface area contributed by atoms with Crippen LogP contribution in [0.4, 0.5) is 5.69 Å². The quantitative estimate of drug-likeness (QED) is 0.774. The van der Waals surface area contributed by atoms with Gasteiger partial charge >= 0.3 is 0 Å². The molecule has 0 radical (unpaired) electrons. The fraction of sp³-hybridized carbons (Fsp3) is 0.600. The number of rotatable bonds is 2. The smallest absolute Gasteiger partial charge is 0.0370 e. The molecule has 2 aliphatic rings. The Kier molecular flexibility index (Phi) is 3.62. The molecular weight excluding hydrogens is 288 g/mol. The summed E-state index contributed by atoms with van der Waals surface area (Å²) in [7, 11) is 0. The van der Waals surface area contributed by atoms with E-state index in [1.165, 1.54) is 55.8 Å². The molecule has 1 atom stereocenters. The van der Waals surface area contributed by atoms with Crippen molar-refractivity contribution in [3.05, 3.63) is 29.3 Å². The maximum Gasteiger partial charge on any atom is 0.0370 e. The maximum absolute atomic E-state index is 3.55. The number of anilines is 1. The van der Waals surface area contributed by atoms with E-state index in [-0.39, 0.29) is 0 Å². The zero-order valence-electron chi connectivity index (χ0n) is 11.0. The van der Waals surface area contributed by atoms with Crippen LogP contribution >= 0.6 is 15.9 Å². The van der Waals surface area contributed by atoms with Crippen LogP contribution in [-0.4, -0.2) is 37.1 Å². The molecule has 0 amide bonds. The van der Waals surface area contributed by atoms with Gasteiger partial charge in [0, 0.05) is 36.7 Å². The molecule has 2 fully saturated rings. The van der Waals surface area contributed by atoms with Crippen molar-refractivity contribution in [2.75, 3.05) is 31.1 Å². The molecule has 2 heterocycles. The summed E-state index contributed by atoms with van der Waals surface area (Å²) in [5.74, 6) is 0. The number of nitrogens with zero attached hydrogens (tertiary/aromatic N) is 2. The number of benzene rings is 1. The predicted molar refractivity (Wildman–Crippen MR) is 80.6 cm³/mol. The number of halogens is 1. The van der Waals surface area contributed by atoms with Crippen molar-refractivity contribution in [3.63, 3.8) is 0 Å². The second-order valence-corrected chi connectivity index (χ2v) is 6.08. The molecule has 3 rings (SSSR count). The van der Waals surface area contributed by atoms with Crippen molar-refractivity contribution >= 4 is 21.6 Å². The van der Waals surface area contributed by atoms with Gasteiger partial charge in [-0.3, -0.25) is 4.90 Å². The standard InChI is InChI=1S/C15H21BrN2/c1-12-9-14(5-4-13(12)10-16)18-8-7-17-6-2-3-15(17)11-18/h4-5,9,15H,2-3,6-8,10-11H2,1H3. The van der Waals surface area contributed by atoms with E-state index in [9.17, 15) is 0 Å². The Labute approximate surface area is 118 Å². The van der Waals surface area contributed by atoms with Crippen molar-refractivity contribution in [3.8, 4) is 0 Å². The van der Waals surface area contributed by atoms with Crippen LogP contribution in [0.2, 0.25) is 0 Å². The highest BCUT2D eigenvalue weighted by molar-refractivity contribution is 9.08. The van der Waals surface area contributed by atoms with Crippen LogP contribution < -0.4 is 4.90 Å². The van der Waals surface area contributed by atoms with Gasteiger partial charge in [0.05, 0.1) is 0 Å². The first-order valence-electron chi connectivity index (χ1n) is 6.92. The van der Waals surface area contributed by atoms with Gasteiger partial charge in [0.1, 0.15) is 0 Å². The van der Waals surface area contributed by atoms with Gasteiger partial charge in [-0.15, -0.1) is 0 Å². The zero-order valence-corrected chi connectivity index (χ0v) is 12.6. The van der Waals surface area contributed by atoms with Gasteiger partial charge in [-0.25, -0.2) is 0 Å². The minimum Gasteiger partial charge on any atom is -0.369 e. The van der Waals surface area contributed by atoms with Crippen molar-refractivity contribution in [2.24, 2.45) is 0 Å². The number of fused-ring (bicyclic) bond motifs is 1. The fourth-order valence-electron chi connectivity index (χ4n) is 3.25. The number of aryl methyl sites for hydroxylation is 1. The van der Waals surface area contributed by atoms with Gasteiger partial charge in [-0.2, -0.15) is 0 Å². The van der Waals surface area contributed by atoms with Crippen molar-refractivity contribution < 1.29 is 0 Å². The minimum atomic E-state index is 0.801. The molecule has 2 nitrogen and oxygen atoms in total. The number of hydrogen-bond donors (Lipinski definition) is 0. The van der Waals surface area contributed by atoms with Gasteiger partial charge in [0.25, 0.3) is 0 Å². The van der Waals surface area contributed by atoms with Crippen LogP contribution in [0, 0.1) is 6.92 Å². The summed E-state index contributed by atoms with van der Waals surface area (Å²) >= 11 is 3.55. The molecule has 0 N–H and O–H groups in total. The van der Waals surface area contributed by atoms with E-state index in [0.717, 1.165) is 11.4 Å². The molecule has 0 aliphatic carbocycles. The normalized spacial score (nSPS) is 24.3. The van der Waals surface area contributed by atoms with Gasteiger partial charge < -0.3 is 4.90 Å². The summed E-state index contributed by atoms with van der Waals surface area (Å²) in [5, 5.41) is 0.954. The first-order chi connectivity index (χ1) is 8.78. The Morgan fingerprint density at radius 1 is 1.28 bits per heavy atom. The average Bonchev–Trinajstić information content (AvgIpc) is 2.85. The van der Waals surface area contributed by atoms with E-state index in [4.69, 9.17) is 0 Å². The molecule has 1 aromatic carbocycles. The highest BCUT2D eigenvalue weighted by Crippen LogP contribution is 2.27. The Balaban J connectivity index is 1.76. The number of piperazine rings is 1. The first-order valence-corrected chi connectivity index (χ1v) is 8.04. The highest BCUT2D eigenvalue weighted by Gasteiger charge is 2.30. The van der Waals surface area contributed by atoms with E-state index in [1.807, 2.05) is 0 Å². The summed E-state index contributed by atoms with van der Waals surface area (Å²) in [6.07, 6.45) is 2.77. The van der Waals surface area contributed by atoms with E-state index in [0.29, 0.717) is 0 Å². The van der Waals surface area contributed by atoms with Gasteiger partial charge in [0.15, 0.2) is 0 Å². The van der Waals surface area contributed by atoms with Crippen LogP contribution in [0.15, 0.2) is 18.2 Å². The lowest BCUT2D eigenvalue weighted by Gasteiger charge is -2.39. The average molecular weight is 309 g/mol. The topological polar surface area (TPSA) is 6.48 Å². The Morgan fingerprint density at radius 2 is 2.17 bits per heavy atom.